The summed E-state index contributed by atoms with van der Waals surface area (Å²) >= 11 is 0. The summed E-state index contributed by atoms with van der Waals surface area (Å²) in [6.45, 7) is 1.87. The minimum atomic E-state index is -4.35. The van der Waals surface area contributed by atoms with Gasteiger partial charge >= 0.3 is 6.18 Å². The zero-order chi connectivity index (χ0) is 14.8. The number of nitrogens with two attached hydrogens (primary N) is 1. The van der Waals surface area contributed by atoms with Crippen LogP contribution in [0.25, 0.3) is 0 Å². The van der Waals surface area contributed by atoms with E-state index in [1.165, 1.54) is 6.07 Å². The zero-order valence-corrected chi connectivity index (χ0v) is 10.9. The third-order valence-corrected chi connectivity index (χ3v) is 2.88. The maximum absolute atomic E-state index is 12.6. The van der Waals surface area contributed by atoms with E-state index in [-0.39, 0.29) is 6.61 Å². The maximum atomic E-state index is 12.6. The third kappa shape index (κ3) is 3.23. The Bertz CT molecular complexity index is 588. The predicted octanol–water partition coefficient (Wildman–Crippen LogP) is 4.18. The highest BCUT2D eigenvalue weighted by atomic mass is 19.4. The molecule has 0 saturated heterocycles. The molecule has 106 valence electrons. The molecule has 0 atom stereocenters. The second-order valence-corrected chi connectivity index (χ2v) is 4.48. The van der Waals surface area contributed by atoms with Gasteiger partial charge in [-0.05, 0) is 36.2 Å². The van der Waals surface area contributed by atoms with Gasteiger partial charge in [0.2, 0.25) is 0 Å². The van der Waals surface area contributed by atoms with Crippen molar-refractivity contribution >= 4 is 5.69 Å². The number of benzene rings is 2. The Hall–Kier alpha value is -2.17. The quantitative estimate of drug-likeness (QED) is 0.857. The molecule has 2 rings (SSSR count). The van der Waals surface area contributed by atoms with Crippen molar-refractivity contribution in [3.05, 3.63) is 59.2 Å². The molecule has 20 heavy (non-hydrogen) atoms. The van der Waals surface area contributed by atoms with Crippen LogP contribution < -0.4 is 10.5 Å². The molecular weight excluding hydrogens is 267 g/mol. The van der Waals surface area contributed by atoms with E-state index in [2.05, 4.69) is 0 Å². The first-order valence-corrected chi connectivity index (χ1v) is 6.02. The Morgan fingerprint density at radius 1 is 1.10 bits per heavy atom. The van der Waals surface area contributed by atoms with Crippen molar-refractivity contribution in [1.82, 2.24) is 0 Å². The van der Waals surface area contributed by atoms with Gasteiger partial charge in [-0.1, -0.05) is 24.3 Å². The Morgan fingerprint density at radius 2 is 1.80 bits per heavy atom. The Balaban J connectivity index is 2.16. The fourth-order valence-corrected chi connectivity index (χ4v) is 1.87. The molecule has 0 bridgehead atoms. The number of aryl methyl sites for hydroxylation is 1. The molecule has 2 nitrogen and oxygen atoms in total. The minimum Gasteiger partial charge on any atom is -0.486 e. The number of ether oxygens (including phenoxy) is 1. The second-order valence-electron chi connectivity index (χ2n) is 4.48. The largest absolute Gasteiger partial charge is 0.486 e. The molecule has 0 radical (unpaired) electrons. The van der Waals surface area contributed by atoms with Crippen LogP contribution in [-0.4, -0.2) is 0 Å². The summed E-state index contributed by atoms with van der Waals surface area (Å²) < 4.78 is 43.3. The number of hydrogen-bond donors (Lipinski definition) is 1. The standard InChI is InChI=1S/C15H14F3NO/c1-10-4-2-7-13(19)14(10)20-9-11-5-3-6-12(8-11)15(16,17)18/h2-8H,9,19H2,1H3. The highest BCUT2D eigenvalue weighted by Gasteiger charge is 2.30. The first-order chi connectivity index (χ1) is 9.38. The maximum Gasteiger partial charge on any atom is 0.416 e. The second kappa shape index (κ2) is 5.45. The number of rotatable bonds is 3. The Kier molecular flexibility index (Phi) is 3.88. The predicted molar refractivity (Wildman–Crippen MR) is 71.4 cm³/mol. The third-order valence-electron chi connectivity index (χ3n) is 2.88. The fourth-order valence-electron chi connectivity index (χ4n) is 1.87. The van der Waals surface area contributed by atoms with Gasteiger partial charge in [-0.25, -0.2) is 0 Å². The average molecular weight is 281 g/mol. The summed E-state index contributed by atoms with van der Waals surface area (Å²) in [6, 6.07) is 10.4. The lowest BCUT2D eigenvalue weighted by Crippen LogP contribution is -2.06. The summed E-state index contributed by atoms with van der Waals surface area (Å²) in [6.07, 6.45) is -4.35. The molecule has 0 aliphatic heterocycles. The monoisotopic (exact) mass is 281 g/mol. The van der Waals surface area contributed by atoms with Crippen molar-refractivity contribution < 1.29 is 17.9 Å². The van der Waals surface area contributed by atoms with Crippen LogP contribution >= 0.6 is 0 Å². The van der Waals surface area contributed by atoms with Crippen molar-refractivity contribution in [2.24, 2.45) is 0 Å². The lowest BCUT2D eigenvalue weighted by molar-refractivity contribution is -0.137. The molecule has 2 N–H and O–H groups in total. The molecule has 0 spiro atoms. The van der Waals surface area contributed by atoms with Crippen LogP contribution in [-0.2, 0) is 12.8 Å². The van der Waals surface area contributed by atoms with Crippen LogP contribution in [0.5, 0.6) is 5.75 Å². The van der Waals surface area contributed by atoms with Crippen molar-refractivity contribution in [2.45, 2.75) is 19.7 Å². The molecule has 0 fully saturated rings. The highest BCUT2D eigenvalue weighted by Crippen LogP contribution is 2.30. The summed E-state index contributed by atoms with van der Waals surface area (Å²) in [5.41, 5.74) is 6.86. The van der Waals surface area contributed by atoms with Gasteiger partial charge in [0.15, 0.2) is 0 Å². The minimum absolute atomic E-state index is 0.0406. The highest BCUT2D eigenvalue weighted by molar-refractivity contribution is 5.56. The van der Waals surface area contributed by atoms with E-state index in [0.717, 1.165) is 17.7 Å². The first kappa shape index (κ1) is 14.2. The van der Waals surface area contributed by atoms with Gasteiger partial charge in [0.25, 0.3) is 0 Å². The van der Waals surface area contributed by atoms with Gasteiger partial charge in [-0.2, -0.15) is 13.2 Å². The summed E-state index contributed by atoms with van der Waals surface area (Å²) in [7, 11) is 0. The Labute approximate surface area is 115 Å². The number of hydrogen-bond acceptors (Lipinski definition) is 2. The lowest BCUT2D eigenvalue weighted by Gasteiger charge is -2.13. The fraction of sp³-hybridized carbons (Fsp3) is 0.200. The van der Waals surface area contributed by atoms with Gasteiger partial charge in [0, 0.05) is 0 Å². The van der Waals surface area contributed by atoms with E-state index < -0.39 is 11.7 Å². The van der Waals surface area contributed by atoms with E-state index >= 15 is 0 Å². The molecule has 0 aromatic heterocycles. The van der Waals surface area contributed by atoms with Crippen molar-refractivity contribution in [2.75, 3.05) is 5.73 Å². The number of para-hydroxylation sites is 1. The molecular formula is C15H14F3NO. The molecule has 0 heterocycles. The van der Waals surface area contributed by atoms with E-state index in [1.807, 2.05) is 13.0 Å². The van der Waals surface area contributed by atoms with Gasteiger partial charge in [0.1, 0.15) is 12.4 Å². The number of halogens is 3. The molecule has 2 aromatic rings. The van der Waals surface area contributed by atoms with Gasteiger partial charge < -0.3 is 10.5 Å². The average Bonchev–Trinajstić information content (AvgIpc) is 2.37. The summed E-state index contributed by atoms with van der Waals surface area (Å²) in [5.74, 6) is 0.505. The van der Waals surface area contributed by atoms with Crippen molar-refractivity contribution in [1.29, 1.82) is 0 Å². The summed E-state index contributed by atoms with van der Waals surface area (Å²) in [5, 5.41) is 0. The van der Waals surface area contributed by atoms with E-state index in [0.29, 0.717) is 17.0 Å². The van der Waals surface area contributed by atoms with Crippen LogP contribution in [0.2, 0.25) is 0 Å². The molecule has 0 saturated carbocycles. The van der Waals surface area contributed by atoms with Crippen molar-refractivity contribution in [3.8, 4) is 5.75 Å². The van der Waals surface area contributed by atoms with E-state index in [9.17, 15) is 13.2 Å². The normalized spacial score (nSPS) is 11.4. The van der Waals surface area contributed by atoms with Crippen molar-refractivity contribution in [3.63, 3.8) is 0 Å². The molecule has 0 aliphatic carbocycles. The van der Waals surface area contributed by atoms with Crippen LogP contribution in [0.15, 0.2) is 42.5 Å². The summed E-state index contributed by atoms with van der Waals surface area (Å²) in [4.78, 5) is 0. The Morgan fingerprint density at radius 3 is 2.45 bits per heavy atom. The number of anilines is 1. The number of nitrogen functional groups attached to an aromatic ring is 1. The lowest BCUT2D eigenvalue weighted by atomic mass is 10.1. The molecule has 0 aliphatic rings. The molecule has 2 aromatic carbocycles. The van der Waals surface area contributed by atoms with E-state index in [4.69, 9.17) is 10.5 Å². The SMILES string of the molecule is Cc1cccc(N)c1OCc1cccc(C(F)(F)F)c1. The number of alkyl halides is 3. The van der Waals surface area contributed by atoms with Gasteiger partial charge in [-0.15, -0.1) is 0 Å². The van der Waals surface area contributed by atoms with Crippen LogP contribution in [0, 0.1) is 6.92 Å². The zero-order valence-electron chi connectivity index (χ0n) is 10.9. The molecule has 5 heteroatoms. The van der Waals surface area contributed by atoms with E-state index in [1.54, 1.807) is 18.2 Å². The van der Waals surface area contributed by atoms with Crippen LogP contribution in [0.3, 0.4) is 0 Å². The van der Waals surface area contributed by atoms with Gasteiger partial charge in [-0.3, -0.25) is 0 Å². The van der Waals surface area contributed by atoms with Crippen LogP contribution in [0.4, 0.5) is 18.9 Å². The van der Waals surface area contributed by atoms with Gasteiger partial charge in [0.05, 0.1) is 11.3 Å². The molecule has 0 amide bonds. The topological polar surface area (TPSA) is 35.2 Å². The smallest absolute Gasteiger partial charge is 0.416 e. The first-order valence-electron chi connectivity index (χ1n) is 6.02. The molecule has 0 unspecified atom stereocenters. The van der Waals surface area contributed by atoms with Crippen LogP contribution in [0.1, 0.15) is 16.7 Å².